The van der Waals surface area contributed by atoms with E-state index in [1.165, 1.54) is 51.0 Å². The van der Waals surface area contributed by atoms with E-state index in [4.69, 9.17) is 0 Å². The van der Waals surface area contributed by atoms with Gasteiger partial charge in [0.2, 0.25) is 0 Å². The van der Waals surface area contributed by atoms with Crippen LogP contribution in [0.15, 0.2) is 11.0 Å². The van der Waals surface area contributed by atoms with Gasteiger partial charge in [0.05, 0.1) is 24.9 Å². The Morgan fingerprint density at radius 1 is 0.731 bits per heavy atom. The Kier molecular flexibility index (Phi) is 14.4. The first kappa shape index (κ1) is 25.6. The van der Waals surface area contributed by atoms with Gasteiger partial charge in [-0.25, -0.2) is 0 Å². The molecule has 0 saturated carbocycles. The molecule has 0 aromatic heterocycles. The fourth-order valence-corrected chi connectivity index (χ4v) is 4.21. The van der Waals surface area contributed by atoms with Crippen molar-refractivity contribution in [3.63, 3.8) is 0 Å². The maximum atomic E-state index is 11.9. The van der Waals surface area contributed by atoms with E-state index in [1.807, 2.05) is 0 Å². The van der Waals surface area contributed by atoms with Crippen LogP contribution in [0.4, 0.5) is 0 Å². The highest BCUT2D eigenvalue weighted by Crippen LogP contribution is 2.19. The summed E-state index contributed by atoms with van der Waals surface area (Å²) >= 11 is 0. The molecular weight excluding hydrogens is 376 g/mol. The largest absolute Gasteiger partial charge is 0.292 e. The second kappa shape index (κ2) is 14.6. The highest BCUT2D eigenvalue weighted by molar-refractivity contribution is 7.90. The zero-order chi connectivity index (χ0) is 19.9. The van der Waals surface area contributed by atoms with E-state index in [1.54, 1.807) is 0 Å². The third-order valence-electron chi connectivity index (χ3n) is 4.34. The van der Waals surface area contributed by atoms with Gasteiger partial charge >= 0.3 is 0 Å². The maximum Gasteiger partial charge on any atom is 0.292 e. The Labute approximate surface area is 160 Å². The van der Waals surface area contributed by atoms with Crippen molar-refractivity contribution >= 4 is 20.2 Å². The first-order valence-corrected chi connectivity index (χ1v) is 12.6. The molecular formula is C18H36O6S2. The van der Waals surface area contributed by atoms with Crippen LogP contribution in [0.1, 0.15) is 84.0 Å². The molecule has 0 fully saturated rings. The van der Waals surface area contributed by atoms with E-state index >= 15 is 0 Å². The number of hydrogen-bond donors (Lipinski definition) is 0. The zero-order valence-electron chi connectivity index (χ0n) is 16.5. The van der Waals surface area contributed by atoms with E-state index in [-0.39, 0.29) is 11.3 Å². The van der Waals surface area contributed by atoms with Crippen LogP contribution in [0.2, 0.25) is 0 Å². The Bertz CT molecular complexity index is 579. The van der Waals surface area contributed by atoms with Crippen LogP contribution in [0.5, 0.6) is 0 Å². The summed E-state index contributed by atoms with van der Waals surface area (Å²) in [6, 6.07) is 0. The summed E-state index contributed by atoms with van der Waals surface area (Å²) < 4.78 is 55.4. The summed E-state index contributed by atoms with van der Waals surface area (Å²) in [6.45, 7) is 2.22. The molecule has 0 heterocycles. The minimum absolute atomic E-state index is 0.0107. The lowest BCUT2D eigenvalue weighted by Crippen LogP contribution is -2.11. The lowest BCUT2D eigenvalue weighted by molar-refractivity contribution is 0.400. The van der Waals surface area contributed by atoms with Gasteiger partial charge in [-0.1, -0.05) is 77.2 Å². The molecule has 0 aliphatic heterocycles. The first-order valence-electron chi connectivity index (χ1n) is 9.57. The van der Waals surface area contributed by atoms with E-state index in [0.717, 1.165) is 33.5 Å². The summed E-state index contributed by atoms with van der Waals surface area (Å²) in [5, 5.41) is 0. The van der Waals surface area contributed by atoms with Crippen LogP contribution in [0.25, 0.3) is 0 Å². The van der Waals surface area contributed by atoms with Crippen LogP contribution in [-0.2, 0) is 28.6 Å². The fourth-order valence-electron chi connectivity index (χ4n) is 2.66. The Morgan fingerprint density at radius 3 is 1.62 bits per heavy atom. The van der Waals surface area contributed by atoms with E-state index in [9.17, 15) is 16.8 Å². The van der Waals surface area contributed by atoms with Crippen LogP contribution in [0.3, 0.4) is 0 Å². The minimum atomic E-state index is -3.86. The second-order valence-corrected chi connectivity index (χ2v) is 10.0. The first-order chi connectivity index (χ1) is 12.3. The van der Waals surface area contributed by atoms with Gasteiger partial charge < -0.3 is 0 Å². The molecule has 0 unspecified atom stereocenters. The number of unbranched alkanes of at least 4 members (excludes halogenated alkanes) is 10. The van der Waals surface area contributed by atoms with Crippen molar-refractivity contribution in [2.45, 2.75) is 84.0 Å². The van der Waals surface area contributed by atoms with Crippen LogP contribution in [0, 0.1) is 0 Å². The third kappa shape index (κ3) is 12.8. The lowest BCUT2D eigenvalue weighted by atomic mass is 10.1. The summed E-state index contributed by atoms with van der Waals surface area (Å²) in [4.78, 5) is 0.0107. The summed E-state index contributed by atoms with van der Waals surface area (Å²) in [6.07, 6.45) is 14.3. The molecule has 0 bridgehead atoms. The van der Waals surface area contributed by atoms with E-state index < -0.39 is 26.0 Å². The molecule has 156 valence electrons. The molecule has 26 heavy (non-hydrogen) atoms. The van der Waals surface area contributed by atoms with Crippen LogP contribution in [-0.4, -0.2) is 36.8 Å². The zero-order valence-corrected chi connectivity index (χ0v) is 18.2. The monoisotopic (exact) mass is 412 g/mol. The van der Waals surface area contributed by atoms with Crippen molar-refractivity contribution in [1.82, 2.24) is 0 Å². The number of allylic oxidation sites excluding steroid dienone is 1. The van der Waals surface area contributed by atoms with Crippen molar-refractivity contribution in [2.24, 2.45) is 0 Å². The fraction of sp³-hybridized carbons (Fsp3) is 0.889. The Hall–Kier alpha value is -0.440. The average molecular weight is 413 g/mol. The van der Waals surface area contributed by atoms with E-state index in [0.29, 0.717) is 6.42 Å². The van der Waals surface area contributed by atoms with Crippen molar-refractivity contribution in [3.05, 3.63) is 11.0 Å². The van der Waals surface area contributed by atoms with Crippen molar-refractivity contribution < 1.29 is 25.2 Å². The van der Waals surface area contributed by atoms with Crippen molar-refractivity contribution in [2.75, 3.05) is 20.0 Å². The predicted octanol–water partition coefficient (Wildman–Crippen LogP) is 4.52. The van der Waals surface area contributed by atoms with Crippen LogP contribution >= 0.6 is 0 Å². The van der Waals surface area contributed by atoms with Gasteiger partial charge in [0.1, 0.15) is 0 Å². The van der Waals surface area contributed by atoms with Gasteiger partial charge in [0, 0.05) is 0 Å². The smallest absolute Gasteiger partial charge is 0.273 e. The van der Waals surface area contributed by atoms with E-state index in [2.05, 4.69) is 15.3 Å². The standard InChI is InChI=1S/C18H36O6S2/c1-4-5-6-7-8-9-10-11-12-13-14-15-18(26(21,22)24-3)16-17-25(19,20)23-2/h16H,4-15,17H2,1-3H3. The van der Waals surface area contributed by atoms with Gasteiger partial charge in [-0.15, -0.1) is 0 Å². The predicted molar refractivity (Wildman–Crippen MR) is 106 cm³/mol. The molecule has 0 spiro atoms. The number of hydrogen-bond acceptors (Lipinski definition) is 6. The molecule has 0 amide bonds. The van der Waals surface area contributed by atoms with Gasteiger partial charge in [0.15, 0.2) is 0 Å². The quantitative estimate of drug-likeness (QED) is 0.258. The molecule has 0 aliphatic rings. The molecule has 0 aliphatic carbocycles. The van der Waals surface area contributed by atoms with Gasteiger partial charge in [-0.05, 0) is 12.8 Å². The van der Waals surface area contributed by atoms with Crippen LogP contribution < -0.4 is 0 Å². The molecule has 0 radical (unpaired) electrons. The number of rotatable bonds is 17. The molecule has 0 atom stereocenters. The van der Waals surface area contributed by atoms with Crippen molar-refractivity contribution in [1.29, 1.82) is 0 Å². The maximum absolute atomic E-state index is 11.9. The van der Waals surface area contributed by atoms with Gasteiger partial charge in [0.25, 0.3) is 20.2 Å². The normalized spacial score (nSPS) is 13.3. The second-order valence-electron chi connectivity index (χ2n) is 6.47. The molecule has 0 saturated heterocycles. The Balaban J connectivity index is 4.11. The average Bonchev–Trinajstić information content (AvgIpc) is 2.61. The molecule has 0 rings (SSSR count). The molecule has 0 aromatic rings. The summed E-state index contributed by atoms with van der Waals surface area (Å²) in [7, 11) is -5.47. The molecule has 6 nitrogen and oxygen atoms in total. The SMILES string of the molecule is CCCCCCCCCCCCCC(=CCS(=O)(=O)OC)S(=O)(=O)OC. The van der Waals surface area contributed by atoms with Gasteiger partial charge in [-0.3, -0.25) is 8.37 Å². The topological polar surface area (TPSA) is 86.7 Å². The molecule has 8 heteroatoms. The lowest BCUT2D eigenvalue weighted by Gasteiger charge is -2.08. The molecule has 0 N–H and O–H groups in total. The third-order valence-corrected chi connectivity index (χ3v) is 6.87. The highest BCUT2D eigenvalue weighted by atomic mass is 32.2. The minimum Gasteiger partial charge on any atom is -0.273 e. The summed E-state index contributed by atoms with van der Waals surface area (Å²) in [5.41, 5.74) is 0. The highest BCUT2D eigenvalue weighted by Gasteiger charge is 2.18. The molecule has 0 aromatic carbocycles. The van der Waals surface area contributed by atoms with Crippen molar-refractivity contribution in [3.8, 4) is 0 Å². The summed E-state index contributed by atoms with van der Waals surface area (Å²) in [5.74, 6) is -0.473. The van der Waals surface area contributed by atoms with Gasteiger partial charge in [-0.2, -0.15) is 16.8 Å². The Morgan fingerprint density at radius 2 is 1.19 bits per heavy atom.